The number of hydrogen-bond donors (Lipinski definition) is 1. The Kier molecular flexibility index (Phi) is 4.54. The molecule has 0 bridgehead atoms. The van der Waals surface area contributed by atoms with Gasteiger partial charge in [-0.15, -0.1) is 0 Å². The van der Waals surface area contributed by atoms with E-state index in [9.17, 15) is 9.67 Å². The fourth-order valence-electron chi connectivity index (χ4n) is 1.94. The van der Waals surface area contributed by atoms with Crippen LogP contribution in [-0.4, -0.2) is 11.7 Å². The Morgan fingerprint density at radius 1 is 1.05 bits per heavy atom. The molecule has 19 heavy (non-hydrogen) atoms. The Balaban J connectivity index is 2.43. The minimum absolute atomic E-state index is 0.288. The van der Waals surface area contributed by atoms with Crippen LogP contribution in [0.2, 0.25) is 0 Å². The van der Waals surface area contributed by atoms with Crippen molar-refractivity contribution in [3.05, 3.63) is 66.2 Å². The van der Waals surface area contributed by atoms with Crippen molar-refractivity contribution in [3.8, 4) is 0 Å². The molecule has 0 aliphatic rings. The second-order valence-electron chi connectivity index (χ2n) is 4.13. The zero-order valence-corrected chi connectivity index (χ0v) is 11.7. The van der Waals surface area contributed by atoms with E-state index in [1.807, 2.05) is 12.1 Å². The van der Waals surface area contributed by atoms with Gasteiger partial charge in [0.25, 0.3) is 7.37 Å². The van der Waals surface area contributed by atoms with Crippen molar-refractivity contribution in [1.29, 1.82) is 0 Å². The third-order valence-electron chi connectivity index (χ3n) is 2.86. The molecule has 100 valence electrons. The number of rotatable bonds is 5. The van der Waals surface area contributed by atoms with Crippen molar-refractivity contribution in [3.63, 3.8) is 0 Å². The van der Waals surface area contributed by atoms with Crippen molar-refractivity contribution in [2.24, 2.45) is 0 Å². The Hall–Kier alpha value is -1.41. The van der Waals surface area contributed by atoms with Crippen molar-refractivity contribution >= 4 is 12.7 Å². The van der Waals surface area contributed by atoms with E-state index < -0.39 is 13.2 Å². The van der Waals surface area contributed by atoms with E-state index in [0.717, 1.165) is 0 Å². The molecule has 2 atom stereocenters. The second kappa shape index (κ2) is 6.16. The highest BCUT2D eigenvalue weighted by atomic mass is 31.2. The molecule has 0 aromatic heterocycles. The van der Waals surface area contributed by atoms with Gasteiger partial charge in [0.05, 0.1) is 6.61 Å². The SMILES string of the molecule is CCO[P@](=O)(c1ccccc1)[C@H](O)c1ccccc1. The Labute approximate surface area is 113 Å². The summed E-state index contributed by atoms with van der Waals surface area (Å²) in [6, 6.07) is 17.8. The molecule has 3 nitrogen and oxygen atoms in total. The maximum atomic E-state index is 13.0. The molecule has 0 heterocycles. The van der Waals surface area contributed by atoms with E-state index in [1.54, 1.807) is 55.5 Å². The van der Waals surface area contributed by atoms with E-state index in [1.165, 1.54) is 0 Å². The molecule has 1 N–H and O–H groups in total. The van der Waals surface area contributed by atoms with Gasteiger partial charge in [-0.25, -0.2) is 0 Å². The normalized spacial score (nSPS) is 15.7. The summed E-state index contributed by atoms with van der Waals surface area (Å²) in [7, 11) is -3.33. The Bertz CT molecular complexity index is 554. The Morgan fingerprint density at radius 3 is 2.11 bits per heavy atom. The van der Waals surface area contributed by atoms with Crippen LogP contribution in [0.15, 0.2) is 60.7 Å². The van der Waals surface area contributed by atoms with Gasteiger partial charge in [-0.05, 0) is 24.6 Å². The number of benzene rings is 2. The summed E-state index contributed by atoms with van der Waals surface area (Å²) in [5.41, 5.74) is 0.600. The number of aliphatic hydroxyl groups excluding tert-OH is 1. The average Bonchev–Trinajstić information content (AvgIpc) is 2.48. The minimum atomic E-state index is -3.33. The smallest absolute Gasteiger partial charge is 0.264 e. The highest BCUT2D eigenvalue weighted by molar-refractivity contribution is 7.67. The standard InChI is InChI=1S/C15H17O3P/c1-2-18-19(17,14-11-7-4-8-12-14)15(16)13-9-5-3-6-10-13/h3-12,15-16H,2H2,1H3/t15-,19+/m0/s1. The van der Waals surface area contributed by atoms with E-state index in [2.05, 4.69) is 0 Å². The topological polar surface area (TPSA) is 46.5 Å². The minimum Gasteiger partial charge on any atom is -0.378 e. The third-order valence-corrected chi connectivity index (χ3v) is 5.46. The summed E-state index contributed by atoms with van der Waals surface area (Å²) in [5.74, 6) is -1.14. The molecule has 0 radical (unpaired) electrons. The molecule has 0 saturated carbocycles. The van der Waals surface area contributed by atoms with Crippen LogP contribution in [-0.2, 0) is 9.09 Å². The van der Waals surface area contributed by atoms with Crippen LogP contribution in [0.5, 0.6) is 0 Å². The summed E-state index contributed by atoms with van der Waals surface area (Å²) in [6.45, 7) is 2.06. The first-order valence-corrected chi connectivity index (χ1v) is 7.90. The highest BCUT2D eigenvalue weighted by Gasteiger charge is 2.35. The van der Waals surface area contributed by atoms with Crippen LogP contribution in [0.25, 0.3) is 0 Å². The van der Waals surface area contributed by atoms with Gasteiger partial charge in [-0.3, -0.25) is 4.57 Å². The van der Waals surface area contributed by atoms with Gasteiger partial charge in [0, 0.05) is 5.30 Å². The van der Waals surface area contributed by atoms with Crippen LogP contribution in [0.3, 0.4) is 0 Å². The lowest BCUT2D eigenvalue weighted by molar-refractivity contribution is 0.218. The van der Waals surface area contributed by atoms with Gasteiger partial charge >= 0.3 is 0 Å². The molecule has 0 aliphatic carbocycles. The molecule has 0 amide bonds. The molecule has 2 rings (SSSR count). The lowest BCUT2D eigenvalue weighted by Gasteiger charge is -2.23. The number of aliphatic hydroxyl groups is 1. The molecular weight excluding hydrogens is 259 g/mol. The largest absolute Gasteiger partial charge is 0.378 e. The monoisotopic (exact) mass is 276 g/mol. The first-order chi connectivity index (χ1) is 9.18. The predicted molar refractivity (Wildman–Crippen MR) is 76.7 cm³/mol. The molecular formula is C15H17O3P. The van der Waals surface area contributed by atoms with Crippen LogP contribution in [0, 0.1) is 0 Å². The van der Waals surface area contributed by atoms with E-state index in [4.69, 9.17) is 4.52 Å². The van der Waals surface area contributed by atoms with Crippen molar-refractivity contribution in [2.45, 2.75) is 12.8 Å². The van der Waals surface area contributed by atoms with Gasteiger partial charge in [0.15, 0.2) is 5.85 Å². The van der Waals surface area contributed by atoms with E-state index in [0.29, 0.717) is 10.9 Å². The fraction of sp³-hybridized carbons (Fsp3) is 0.200. The van der Waals surface area contributed by atoms with Gasteiger partial charge in [-0.1, -0.05) is 48.5 Å². The lowest BCUT2D eigenvalue weighted by Crippen LogP contribution is -2.14. The summed E-state index contributed by atoms with van der Waals surface area (Å²) >= 11 is 0. The predicted octanol–water partition coefficient (Wildman–Crippen LogP) is 3.32. The van der Waals surface area contributed by atoms with Crippen molar-refractivity contribution in [1.82, 2.24) is 0 Å². The summed E-state index contributed by atoms with van der Waals surface area (Å²) in [4.78, 5) is 0. The molecule has 0 spiro atoms. The van der Waals surface area contributed by atoms with Crippen LogP contribution in [0.4, 0.5) is 0 Å². The van der Waals surface area contributed by atoms with E-state index in [-0.39, 0.29) is 6.61 Å². The number of hydrogen-bond acceptors (Lipinski definition) is 3. The maximum Gasteiger partial charge on any atom is 0.264 e. The maximum absolute atomic E-state index is 13.0. The molecule has 2 aromatic rings. The molecule has 2 aromatic carbocycles. The van der Waals surface area contributed by atoms with Crippen LogP contribution >= 0.6 is 7.37 Å². The zero-order chi connectivity index (χ0) is 13.7. The summed E-state index contributed by atoms with van der Waals surface area (Å²) < 4.78 is 18.5. The highest BCUT2D eigenvalue weighted by Crippen LogP contribution is 2.57. The molecule has 0 unspecified atom stereocenters. The molecule has 4 heteroatoms. The van der Waals surface area contributed by atoms with Crippen LogP contribution in [0.1, 0.15) is 18.3 Å². The van der Waals surface area contributed by atoms with Gasteiger partial charge in [0.1, 0.15) is 0 Å². The van der Waals surface area contributed by atoms with Gasteiger partial charge in [-0.2, -0.15) is 0 Å². The fourth-order valence-corrected chi connectivity index (χ4v) is 4.04. The zero-order valence-electron chi connectivity index (χ0n) is 10.8. The first-order valence-electron chi connectivity index (χ1n) is 6.21. The quantitative estimate of drug-likeness (QED) is 0.852. The third kappa shape index (κ3) is 2.95. The first kappa shape index (κ1) is 14.0. The second-order valence-corrected chi connectivity index (χ2v) is 6.59. The van der Waals surface area contributed by atoms with Crippen molar-refractivity contribution in [2.75, 3.05) is 6.61 Å². The molecule has 0 saturated heterocycles. The molecule has 0 aliphatic heterocycles. The van der Waals surface area contributed by atoms with Crippen molar-refractivity contribution < 1.29 is 14.2 Å². The average molecular weight is 276 g/mol. The lowest BCUT2D eigenvalue weighted by atomic mass is 10.2. The Morgan fingerprint density at radius 2 is 1.58 bits per heavy atom. The van der Waals surface area contributed by atoms with Gasteiger partial charge in [0.2, 0.25) is 0 Å². The van der Waals surface area contributed by atoms with E-state index >= 15 is 0 Å². The molecule has 0 fully saturated rings. The van der Waals surface area contributed by atoms with Gasteiger partial charge < -0.3 is 9.63 Å². The van der Waals surface area contributed by atoms with Crippen LogP contribution < -0.4 is 5.30 Å². The summed E-state index contributed by atoms with van der Waals surface area (Å²) in [5, 5.41) is 11.0. The summed E-state index contributed by atoms with van der Waals surface area (Å²) in [6.07, 6.45) is 0.